The van der Waals surface area contributed by atoms with Gasteiger partial charge in [-0.3, -0.25) is 15.7 Å². The number of aliphatic hydroxyl groups is 1. The van der Waals surface area contributed by atoms with E-state index in [0.29, 0.717) is 12.3 Å². The fourth-order valence-corrected chi connectivity index (χ4v) is 0.827. The second-order valence-electron chi connectivity index (χ2n) is 2.57. The molecule has 0 aliphatic carbocycles. The Hall–Kier alpha value is -1.33. The minimum Gasteiger partial charge on any atom is -0.467 e. The molecule has 0 amide bonds. The molecule has 1 aromatic heterocycles. The first-order valence-electron chi connectivity index (χ1n) is 3.89. The molecule has 1 heterocycles. The lowest BCUT2D eigenvalue weighted by Crippen LogP contribution is -2.30. The van der Waals surface area contributed by atoms with Gasteiger partial charge in [-0.1, -0.05) is 0 Å². The van der Waals surface area contributed by atoms with Gasteiger partial charge >= 0.3 is 0 Å². The molecule has 1 aromatic rings. The molecule has 0 aliphatic heterocycles. The summed E-state index contributed by atoms with van der Waals surface area (Å²) in [5.41, 5.74) is 1.82. The second kappa shape index (κ2) is 4.64. The third-order valence-corrected chi connectivity index (χ3v) is 1.50. The van der Waals surface area contributed by atoms with Gasteiger partial charge in [-0.05, 0) is 19.1 Å². The maximum absolute atomic E-state index is 9.06. The summed E-state index contributed by atoms with van der Waals surface area (Å²) in [7, 11) is 0. The van der Waals surface area contributed by atoms with Crippen LogP contribution in [0.2, 0.25) is 0 Å². The predicted molar refractivity (Wildman–Crippen MR) is 46.5 cm³/mol. The number of amidine groups is 1. The number of aliphatic hydroxyl groups excluding tert-OH is 1. The van der Waals surface area contributed by atoms with Crippen molar-refractivity contribution in [1.29, 1.82) is 0 Å². The van der Waals surface area contributed by atoms with E-state index in [9.17, 15) is 0 Å². The number of hydroxylamine groups is 1. The molecular formula is C8H12N2O3. The summed E-state index contributed by atoms with van der Waals surface area (Å²) in [4.78, 5) is 3.90. The average molecular weight is 184 g/mol. The van der Waals surface area contributed by atoms with Gasteiger partial charge in [-0.2, -0.15) is 0 Å². The van der Waals surface area contributed by atoms with Crippen molar-refractivity contribution in [3.63, 3.8) is 0 Å². The number of nitrogens with one attached hydrogen (secondary N) is 1. The van der Waals surface area contributed by atoms with Crippen LogP contribution in [-0.2, 0) is 6.54 Å². The zero-order chi connectivity index (χ0) is 9.68. The van der Waals surface area contributed by atoms with Crippen LogP contribution in [0.1, 0.15) is 12.7 Å². The molecule has 0 spiro atoms. The first-order chi connectivity index (χ1) is 6.24. The lowest BCUT2D eigenvalue weighted by molar-refractivity contribution is 0.195. The lowest BCUT2D eigenvalue weighted by atomic mass is 10.4. The highest BCUT2D eigenvalue weighted by atomic mass is 16.5. The highest BCUT2D eigenvalue weighted by molar-refractivity contribution is 5.84. The van der Waals surface area contributed by atoms with Crippen LogP contribution in [0.5, 0.6) is 0 Å². The Kier molecular flexibility index (Phi) is 3.48. The van der Waals surface area contributed by atoms with Gasteiger partial charge < -0.3 is 9.52 Å². The van der Waals surface area contributed by atoms with Gasteiger partial charge in [0.2, 0.25) is 0 Å². The van der Waals surface area contributed by atoms with Gasteiger partial charge in [0.05, 0.1) is 12.8 Å². The van der Waals surface area contributed by atoms with Crippen molar-refractivity contribution in [2.24, 2.45) is 4.99 Å². The third kappa shape index (κ3) is 2.89. The first-order valence-corrected chi connectivity index (χ1v) is 3.89. The maximum atomic E-state index is 9.06. The highest BCUT2D eigenvalue weighted by Crippen LogP contribution is 2.01. The van der Waals surface area contributed by atoms with Crippen LogP contribution in [0.15, 0.2) is 27.8 Å². The third-order valence-electron chi connectivity index (χ3n) is 1.50. The molecule has 1 atom stereocenters. The molecule has 0 saturated carbocycles. The summed E-state index contributed by atoms with van der Waals surface area (Å²) < 4.78 is 5.01. The fourth-order valence-electron chi connectivity index (χ4n) is 0.827. The molecule has 0 bridgehead atoms. The van der Waals surface area contributed by atoms with Crippen LogP contribution < -0.4 is 5.48 Å². The molecular weight excluding hydrogens is 172 g/mol. The monoisotopic (exact) mass is 184 g/mol. The van der Waals surface area contributed by atoms with Gasteiger partial charge in [0.25, 0.3) is 0 Å². The zero-order valence-electron chi connectivity index (χ0n) is 7.27. The summed E-state index contributed by atoms with van der Waals surface area (Å²) >= 11 is 0. The van der Waals surface area contributed by atoms with Crippen LogP contribution in [-0.4, -0.2) is 22.3 Å². The number of aliphatic imine (C=N–C) groups is 1. The maximum Gasteiger partial charge on any atom is 0.149 e. The predicted octanol–water partition coefficient (Wildman–Crippen LogP) is 0.538. The largest absolute Gasteiger partial charge is 0.467 e. The van der Waals surface area contributed by atoms with Crippen molar-refractivity contribution < 1.29 is 14.7 Å². The van der Waals surface area contributed by atoms with Crippen molar-refractivity contribution in [3.05, 3.63) is 24.2 Å². The molecule has 5 heteroatoms. The molecule has 13 heavy (non-hydrogen) atoms. The summed E-state index contributed by atoms with van der Waals surface area (Å²) in [5.74, 6) is 0.796. The van der Waals surface area contributed by atoms with Crippen LogP contribution in [0.4, 0.5) is 0 Å². The zero-order valence-corrected chi connectivity index (χ0v) is 7.27. The molecule has 3 N–H and O–H groups in total. The SMILES string of the molecule is CC(O)C(=NCc1ccco1)NO. The molecule has 0 fully saturated rings. The smallest absolute Gasteiger partial charge is 0.149 e. The van der Waals surface area contributed by atoms with E-state index in [1.54, 1.807) is 18.4 Å². The minimum absolute atomic E-state index is 0.122. The molecule has 0 radical (unpaired) electrons. The normalized spacial score (nSPS) is 14.2. The van der Waals surface area contributed by atoms with Crippen molar-refractivity contribution in [3.8, 4) is 0 Å². The van der Waals surface area contributed by atoms with E-state index < -0.39 is 6.10 Å². The second-order valence-corrected chi connectivity index (χ2v) is 2.57. The Morgan fingerprint density at radius 1 is 1.77 bits per heavy atom. The highest BCUT2D eigenvalue weighted by Gasteiger charge is 2.04. The molecule has 0 aromatic carbocycles. The van der Waals surface area contributed by atoms with Crippen molar-refractivity contribution in [1.82, 2.24) is 5.48 Å². The van der Waals surface area contributed by atoms with Crippen LogP contribution in [0, 0.1) is 0 Å². The van der Waals surface area contributed by atoms with E-state index in [1.807, 2.05) is 5.48 Å². The van der Waals surface area contributed by atoms with Gasteiger partial charge in [-0.25, -0.2) is 0 Å². The van der Waals surface area contributed by atoms with Crippen molar-refractivity contribution >= 4 is 5.84 Å². The Bertz CT molecular complexity index is 267. The summed E-state index contributed by atoms with van der Waals surface area (Å²) in [6.07, 6.45) is 0.721. The van der Waals surface area contributed by atoms with E-state index in [2.05, 4.69) is 4.99 Å². The van der Waals surface area contributed by atoms with E-state index in [0.717, 1.165) is 0 Å². The van der Waals surface area contributed by atoms with Crippen LogP contribution in [0.25, 0.3) is 0 Å². The fraction of sp³-hybridized carbons (Fsp3) is 0.375. The number of hydrogen-bond donors (Lipinski definition) is 3. The number of hydrogen-bond acceptors (Lipinski definition) is 4. The van der Waals surface area contributed by atoms with E-state index in [-0.39, 0.29) is 5.84 Å². The van der Waals surface area contributed by atoms with Gasteiger partial charge in [0.15, 0.2) is 0 Å². The van der Waals surface area contributed by atoms with E-state index in [1.165, 1.54) is 6.92 Å². The minimum atomic E-state index is -0.819. The Morgan fingerprint density at radius 3 is 3.00 bits per heavy atom. The number of rotatable bonds is 3. The molecule has 1 unspecified atom stereocenters. The lowest BCUT2D eigenvalue weighted by Gasteiger charge is -2.05. The summed E-state index contributed by atoms with van der Waals surface area (Å²) in [5, 5.41) is 17.6. The topological polar surface area (TPSA) is 78.0 Å². The molecule has 72 valence electrons. The van der Waals surface area contributed by atoms with E-state index >= 15 is 0 Å². The molecule has 5 nitrogen and oxygen atoms in total. The number of nitrogens with zero attached hydrogens (tertiary/aromatic N) is 1. The van der Waals surface area contributed by atoms with E-state index in [4.69, 9.17) is 14.7 Å². The molecule has 1 rings (SSSR count). The van der Waals surface area contributed by atoms with Gasteiger partial charge in [-0.15, -0.1) is 0 Å². The quantitative estimate of drug-likeness (QED) is 0.364. The summed E-state index contributed by atoms with van der Waals surface area (Å²) in [6, 6.07) is 3.51. The van der Waals surface area contributed by atoms with Crippen LogP contribution >= 0.6 is 0 Å². The van der Waals surface area contributed by atoms with Gasteiger partial charge in [0.1, 0.15) is 17.7 Å². The first kappa shape index (κ1) is 9.76. The van der Waals surface area contributed by atoms with Gasteiger partial charge in [0, 0.05) is 0 Å². The molecule has 0 saturated heterocycles. The van der Waals surface area contributed by atoms with Crippen molar-refractivity contribution in [2.75, 3.05) is 0 Å². The average Bonchev–Trinajstić information content (AvgIpc) is 2.57. The van der Waals surface area contributed by atoms with Crippen molar-refractivity contribution in [2.45, 2.75) is 19.6 Å². The Balaban J connectivity index is 2.55. The Morgan fingerprint density at radius 2 is 2.54 bits per heavy atom. The summed E-state index contributed by atoms with van der Waals surface area (Å²) in [6.45, 7) is 1.80. The van der Waals surface area contributed by atoms with Crippen LogP contribution in [0.3, 0.4) is 0 Å². The molecule has 0 aliphatic rings. The Labute approximate surface area is 75.7 Å². The number of furan rings is 1. The standard InChI is InChI=1S/C8H12N2O3/c1-6(11)8(10-12)9-5-7-3-2-4-13-7/h2-4,6,11-12H,5H2,1H3,(H,9,10).